The molecule has 0 atom stereocenters. The highest BCUT2D eigenvalue weighted by molar-refractivity contribution is 7.98. The van der Waals surface area contributed by atoms with Crippen LogP contribution < -0.4 is 4.90 Å². The Morgan fingerprint density at radius 3 is 2.37 bits per heavy atom. The lowest BCUT2D eigenvalue weighted by Gasteiger charge is -2.34. The number of hydrogen-bond acceptors (Lipinski definition) is 6. The molecule has 8 heteroatoms. The maximum atomic E-state index is 13.1. The van der Waals surface area contributed by atoms with Crippen molar-refractivity contribution in [2.24, 2.45) is 0 Å². The molecule has 6 nitrogen and oxygen atoms in total. The van der Waals surface area contributed by atoms with Gasteiger partial charge in [0.1, 0.15) is 11.0 Å². The molecule has 1 amide bonds. The second kappa shape index (κ2) is 13.3. The van der Waals surface area contributed by atoms with Crippen LogP contribution in [0.25, 0.3) is 6.08 Å². The summed E-state index contributed by atoms with van der Waals surface area (Å²) in [7, 11) is 0. The van der Waals surface area contributed by atoms with Gasteiger partial charge in [0.15, 0.2) is 5.16 Å². The Morgan fingerprint density at radius 1 is 0.895 bits per heavy atom. The third-order valence-corrected chi connectivity index (χ3v) is 8.15. The van der Waals surface area contributed by atoms with Gasteiger partial charge in [-0.15, -0.1) is 0 Å². The number of anilines is 1. The molecule has 0 N–H and O–H groups in total. The van der Waals surface area contributed by atoms with Gasteiger partial charge >= 0.3 is 0 Å². The molecule has 0 spiro atoms. The van der Waals surface area contributed by atoms with E-state index in [4.69, 9.17) is 16.6 Å². The summed E-state index contributed by atoms with van der Waals surface area (Å²) in [4.78, 5) is 28.9. The Hall–Kier alpha value is -2.87. The summed E-state index contributed by atoms with van der Waals surface area (Å²) in [5, 5.41) is 1.17. The fourth-order valence-electron chi connectivity index (χ4n) is 4.84. The van der Waals surface area contributed by atoms with Crippen molar-refractivity contribution in [1.29, 1.82) is 0 Å². The first-order valence-corrected chi connectivity index (χ1v) is 14.7. The summed E-state index contributed by atoms with van der Waals surface area (Å²) in [6.45, 7) is 6.22. The molecule has 3 heterocycles. The predicted octanol–water partition coefficient (Wildman–Crippen LogP) is 5.88. The Balaban J connectivity index is 1.09. The zero-order chi connectivity index (χ0) is 26.2. The molecule has 3 aromatic rings. The maximum Gasteiger partial charge on any atom is 0.253 e. The number of aromatic nitrogens is 2. The molecule has 2 aliphatic rings. The number of hydrogen-bond donors (Lipinski definition) is 0. The monoisotopic (exact) mass is 547 g/mol. The van der Waals surface area contributed by atoms with E-state index in [1.807, 2.05) is 41.3 Å². The summed E-state index contributed by atoms with van der Waals surface area (Å²) in [5.74, 6) is 1.75. The number of rotatable bonds is 8. The Labute approximate surface area is 234 Å². The van der Waals surface area contributed by atoms with Gasteiger partial charge in [-0.2, -0.15) is 0 Å². The van der Waals surface area contributed by atoms with Crippen LogP contribution in [0.2, 0.25) is 5.15 Å². The third-order valence-electron chi connectivity index (χ3n) is 7.04. The molecule has 38 heavy (non-hydrogen) atoms. The summed E-state index contributed by atoms with van der Waals surface area (Å²) >= 11 is 7.87. The summed E-state index contributed by atoms with van der Waals surface area (Å²) < 4.78 is 0. The summed E-state index contributed by atoms with van der Waals surface area (Å²) in [5.41, 5.74) is 3.08. The minimum absolute atomic E-state index is 0.105. The standard InChI is InChI=1S/C30H34ClN5OS/c31-27-22-28(35-16-5-2-6-17-35)33-30(32-27)38-23-25-11-13-26(14-12-25)29(37)36-20-18-34(19-21-36)15-7-10-24-8-3-1-4-9-24/h1,3-4,7-14,22H,2,5-6,15-21,23H2. The van der Waals surface area contributed by atoms with Crippen LogP contribution in [-0.4, -0.2) is 71.5 Å². The van der Waals surface area contributed by atoms with Gasteiger partial charge in [-0.05, 0) is 42.5 Å². The molecule has 1 aromatic heterocycles. The molecule has 0 saturated carbocycles. The molecule has 198 valence electrons. The van der Waals surface area contributed by atoms with Crippen molar-refractivity contribution in [2.45, 2.75) is 30.2 Å². The molecule has 2 fully saturated rings. The number of piperidine rings is 1. The average Bonchev–Trinajstić information content (AvgIpc) is 2.97. The highest BCUT2D eigenvalue weighted by atomic mass is 35.5. The predicted molar refractivity (Wildman–Crippen MR) is 157 cm³/mol. The van der Waals surface area contributed by atoms with E-state index in [-0.39, 0.29) is 5.91 Å². The van der Waals surface area contributed by atoms with E-state index in [1.165, 1.54) is 24.8 Å². The van der Waals surface area contributed by atoms with E-state index in [0.717, 1.165) is 68.5 Å². The number of benzene rings is 2. The highest BCUT2D eigenvalue weighted by Gasteiger charge is 2.21. The minimum Gasteiger partial charge on any atom is -0.356 e. The lowest BCUT2D eigenvalue weighted by Crippen LogP contribution is -2.48. The van der Waals surface area contributed by atoms with E-state index in [2.05, 4.69) is 51.2 Å². The van der Waals surface area contributed by atoms with Crippen LogP contribution in [-0.2, 0) is 5.75 Å². The van der Waals surface area contributed by atoms with Gasteiger partial charge in [-0.3, -0.25) is 9.69 Å². The molecule has 2 aliphatic heterocycles. The number of carbonyl (C=O) groups excluding carboxylic acids is 1. The number of thioether (sulfide) groups is 1. The first kappa shape index (κ1) is 26.7. The summed E-state index contributed by atoms with van der Waals surface area (Å²) in [6.07, 6.45) is 8.02. The Morgan fingerprint density at radius 2 is 1.63 bits per heavy atom. The van der Waals surface area contributed by atoms with Gasteiger partial charge in [0.25, 0.3) is 5.91 Å². The Bertz CT molecular complexity index is 1220. The van der Waals surface area contributed by atoms with Gasteiger partial charge in [-0.1, -0.05) is 78.0 Å². The topological polar surface area (TPSA) is 52.6 Å². The first-order chi connectivity index (χ1) is 18.6. The molecule has 2 saturated heterocycles. The smallest absolute Gasteiger partial charge is 0.253 e. The van der Waals surface area contributed by atoms with Crippen molar-refractivity contribution < 1.29 is 4.79 Å². The van der Waals surface area contributed by atoms with Crippen LogP contribution in [0.1, 0.15) is 40.7 Å². The van der Waals surface area contributed by atoms with E-state index < -0.39 is 0 Å². The van der Waals surface area contributed by atoms with Crippen molar-refractivity contribution in [1.82, 2.24) is 19.8 Å². The molecule has 0 unspecified atom stereocenters. The van der Waals surface area contributed by atoms with E-state index >= 15 is 0 Å². The second-order valence-electron chi connectivity index (χ2n) is 9.77. The molecule has 2 aromatic carbocycles. The van der Waals surface area contributed by atoms with Crippen LogP contribution in [0.15, 0.2) is 71.9 Å². The number of halogens is 1. The van der Waals surface area contributed by atoms with Crippen molar-refractivity contribution in [3.05, 3.63) is 88.6 Å². The zero-order valence-electron chi connectivity index (χ0n) is 21.6. The van der Waals surface area contributed by atoms with E-state index in [9.17, 15) is 4.79 Å². The number of amides is 1. The fraction of sp³-hybridized carbons (Fsp3) is 0.367. The molecular weight excluding hydrogens is 514 g/mol. The van der Waals surface area contributed by atoms with Crippen LogP contribution in [0.4, 0.5) is 5.82 Å². The van der Waals surface area contributed by atoms with Crippen LogP contribution in [0.3, 0.4) is 0 Å². The number of carbonyl (C=O) groups is 1. The van der Waals surface area contributed by atoms with Crippen molar-refractivity contribution in [3.63, 3.8) is 0 Å². The molecule has 5 rings (SSSR count). The molecule has 0 radical (unpaired) electrons. The first-order valence-electron chi connectivity index (χ1n) is 13.4. The highest BCUT2D eigenvalue weighted by Crippen LogP contribution is 2.26. The average molecular weight is 548 g/mol. The van der Waals surface area contributed by atoms with E-state index in [1.54, 1.807) is 11.8 Å². The Kier molecular flexibility index (Phi) is 9.33. The fourth-order valence-corrected chi connectivity index (χ4v) is 5.88. The van der Waals surface area contributed by atoms with Crippen molar-refractivity contribution in [2.75, 3.05) is 50.7 Å². The number of nitrogens with zero attached hydrogens (tertiary/aromatic N) is 5. The SMILES string of the molecule is O=C(c1ccc(CSc2nc(Cl)cc(N3CCCCC3)n2)cc1)N1CCN(CC=Cc2ccccc2)CC1. The largest absolute Gasteiger partial charge is 0.356 e. The van der Waals surface area contributed by atoms with Crippen LogP contribution in [0.5, 0.6) is 0 Å². The van der Waals surface area contributed by atoms with Gasteiger partial charge in [0.2, 0.25) is 0 Å². The molecule has 0 aliphatic carbocycles. The van der Waals surface area contributed by atoms with Crippen LogP contribution in [0, 0.1) is 0 Å². The third kappa shape index (κ3) is 7.37. The molecule has 0 bridgehead atoms. The zero-order valence-corrected chi connectivity index (χ0v) is 23.2. The second-order valence-corrected chi connectivity index (χ2v) is 11.1. The van der Waals surface area contributed by atoms with Crippen LogP contribution >= 0.6 is 23.4 Å². The minimum atomic E-state index is 0.105. The van der Waals surface area contributed by atoms with E-state index in [0.29, 0.717) is 10.3 Å². The van der Waals surface area contributed by atoms with Gasteiger partial charge in [-0.25, -0.2) is 9.97 Å². The van der Waals surface area contributed by atoms with Gasteiger partial charge in [0.05, 0.1) is 0 Å². The van der Waals surface area contributed by atoms with Crippen molar-refractivity contribution in [3.8, 4) is 0 Å². The molecular formula is C30H34ClN5OS. The van der Waals surface area contributed by atoms with Gasteiger partial charge in [0, 0.05) is 63.2 Å². The van der Waals surface area contributed by atoms with Gasteiger partial charge < -0.3 is 9.80 Å². The maximum absolute atomic E-state index is 13.1. The quantitative estimate of drug-likeness (QED) is 0.199. The van der Waals surface area contributed by atoms with Crippen molar-refractivity contribution >= 4 is 41.2 Å². The number of piperazine rings is 1. The normalized spacial score (nSPS) is 16.8. The lowest BCUT2D eigenvalue weighted by atomic mass is 10.1. The summed E-state index contributed by atoms with van der Waals surface area (Å²) in [6, 6.07) is 20.1. The lowest BCUT2D eigenvalue weighted by molar-refractivity contribution is 0.0650.